The fraction of sp³-hybridized carbons (Fsp3) is 0. The molecule has 0 fully saturated rings. The molecule has 0 amide bonds. The van der Waals surface area contributed by atoms with Gasteiger partial charge >= 0.3 is 5.69 Å². The molecule has 0 aliphatic carbocycles. The standard InChI is InChI=1S/C3H4N4O/c4-7-3(8)5-1-2-6-7/h1-2H,4H2. The molecular weight excluding hydrogens is 108 g/mol. The number of nitrogens with zero attached hydrogens (tertiary/aromatic N) is 3. The SMILES string of the molecule is Nn1nccnc1=O. The molecule has 1 aromatic rings. The molecule has 0 radical (unpaired) electrons. The van der Waals surface area contributed by atoms with Crippen molar-refractivity contribution in [1.82, 2.24) is 14.9 Å². The van der Waals surface area contributed by atoms with Gasteiger partial charge in [0.2, 0.25) is 0 Å². The van der Waals surface area contributed by atoms with Gasteiger partial charge in [-0.2, -0.15) is 10.1 Å². The second-order valence-corrected chi connectivity index (χ2v) is 1.17. The van der Waals surface area contributed by atoms with Crippen LogP contribution in [0.15, 0.2) is 17.2 Å². The van der Waals surface area contributed by atoms with Crippen LogP contribution in [0.5, 0.6) is 0 Å². The highest BCUT2D eigenvalue weighted by Crippen LogP contribution is 1.56. The number of hydrogen-bond acceptors (Lipinski definition) is 4. The van der Waals surface area contributed by atoms with Gasteiger partial charge in [-0.15, -0.1) is 4.79 Å². The minimum absolute atomic E-state index is 0.549. The van der Waals surface area contributed by atoms with E-state index in [2.05, 4.69) is 10.1 Å². The number of nitrogen functional groups attached to an aromatic ring is 1. The summed E-state index contributed by atoms with van der Waals surface area (Å²) < 4.78 is 0. The Hall–Kier alpha value is -1.39. The van der Waals surface area contributed by atoms with Gasteiger partial charge in [-0.25, -0.2) is 4.79 Å². The van der Waals surface area contributed by atoms with Crippen molar-refractivity contribution >= 4 is 0 Å². The molecular formula is C3H4N4O. The topological polar surface area (TPSA) is 73.8 Å². The van der Waals surface area contributed by atoms with E-state index in [1.807, 2.05) is 0 Å². The van der Waals surface area contributed by atoms with Crippen LogP contribution in [0.3, 0.4) is 0 Å². The third kappa shape index (κ3) is 0.651. The van der Waals surface area contributed by atoms with Gasteiger partial charge in [0.1, 0.15) is 0 Å². The highest BCUT2D eigenvalue weighted by Gasteiger charge is 1.83. The predicted octanol–water partition coefficient (Wildman–Crippen LogP) is -1.65. The Morgan fingerprint density at radius 2 is 2.38 bits per heavy atom. The maximum Gasteiger partial charge on any atom is 0.383 e. The Morgan fingerprint density at radius 3 is 2.75 bits per heavy atom. The Balaban J connectivity index is 3.35. The summed E-state index contributed by atoms with van der Waals surface area (Å²) in [7, 11) is 0. The van der Waals surface area contributed by atoms with Crippen LogP contribution in [0.1, 0.15) is 0 Å². The maximum atomic E-state index is 10.3. The van der Waals surface area contributed by atoms with E-state index in [1.165, 1.54) is 12.4 Å². The molecule has 0 spiro atoms. The lowest BCUT2D eigenvalue weighted by Gasteiger charge is -1.87. The molecule has 0 saturated heterocycles. The van der Waals surface area contributed by atoms with Crippen molar-refractivity contribution in [3.05, 3.63) is 22.9 Å². The van der Waals surface area contributed by atoms with Gasteiger partial charge in [0, 0.05) is 0 Å². The summed E-state index contributed by atoms with van der Waals surface area (Å²) in [5.41, 5.74) is -0.549. The predicted molar refractivity (Wildman–Crippen MR) is 26.4 cm³/mol. The zero-order valence-corrected chi connectivity index (χ0v) is 3.98. The minimum atomic E-state index is -0.549. The molecule has 0 aliphatic heterocycles. The molecule has 5 heteroatoms. The summed E-state index contributed by atoms with van der Waals surface area (Å²) >= 11 is 0. The molecule has 0 atom stereocenters. The zero-order chi connectivity index (χ0) is 5.98. The van der Waals surface area contributed by atoms with E-state index >= 15 is 0 Å². The molecule has 1 rings (SSSR count). The summed E-state index contributed by atoms with van der Waals surface area (Å²) in [4.78, 5) is 14.2. The van der Waals surface area contributed by atoms with Crippen molar-refractivity contribution < 1.29 is 0 Å². The van der Waals surface area contributed by atoms with Crippen molar-refractivity contribution in [3.63, 3.8) is 0 Å². The largest absolute Gasteiger partial charge is 0.383 e. The van der Waals surface area contributed by atoms with Gasteiger partial charge < -0.3 is 5.84 Å². The Morgan fingerprint density at radius 1 is 1.62 bits per heavy atom. The zero-order valence-electron chi connectivity index (χ0n) is 3.98. The van der Waals surface area contributed by atoms with Crippen LogP contribution in [0.25, 0.3) is 0 Å². The third-order valence-corrected chi connectivity index (χ3v) is 0.639. The van der Waals surface area contributed by atoms with Crippen molar-refractivity contribution in [2.45, 2.75) is 0 Å². The first kappa shape index (κ1) is 4.76. The van der Waals surface area contributed by atoms with E-state index in [0.29, 0.717) is 4.79 Å². The molecule has 0 bridgehead atoms. The molecule has 8 heavy (non-hydrogen) atoms. The summed E-state index contributed by atoms with van der Waals surface area (Å²) in [6.45, 7) is 0. The quantitative estimate of drug-likeness (QED) is 0.408. The van der Waals surface area contributed by atoms with E-state index in [0.717, 1.165) is 0 Å². The molecule has 1 aromatic heterocycles. The number of aromatic nitrogens is 3. The maximum absolute atomic E-state index is 10.3. The van der Waals surface area contributed by atoms with E-state index in [4.69, 9.17) is 5.84 Å². The number of hydrogen-bond donors (Lipinski definition) is 1. The average Bonchev–Trinajstić information content (AvgIpc) is 1.77. The highest BCUT2D eigenvalue weighted by molar-refractivity contribution is 4.64. The van der Waals surface area contributed by atoms with Gasteiger partial charge in [0.25, 0.3) is 0 Å². The Kier molecular flexibility index (Phi) is 0.957. The van der Waals surface area contributed by atoms with E-state index in [9.17, 15) is 4.79 Å². The van der Waals surface area contributed by atoms with Crippen LogP contribution in [-0.2, 0) is 0 Å². The lowest BCUT2D eigenvalue weighted by molar-refractivity contribution is 0.723. The van der Waals surface area contributed by atoms with Crippen LogP contribution in [0, 0.1) is 0 Å². The van der Waals surface area contributed by atoms with Crippen LogP contribution < -0.4 is 11.5 Å². The summed E-state index contributed by atoms with van der Waals surface area (Å²) in [6, 6.07) is 0. The second-order valence-electron chi connectivity index (χ2n) is 1.17. The van der Waals surface area contributed by atoms with Gasteiger partial charge in [-0.1, -0.05) is 0 Å². The molecule has 0 aromatic carbocycles. The van der Waals surface area contributed by atoms with Crippen molar-refractivity contribution in [3.8, 4) is 0 Å². The Bertz CT molecular complexity index is 229. The number of nitrogens with two attached hydrogens (primary N) is 1. The van der Waals surface area contributed by atoms with Crippen LogP contribution in [0.4, 0.5) is 0 Å². The smallest absolute Gasteiger partial charge is 0.318 e. The number of rotatable bonds is 0. The van der Waals surface area contributed by atoms with E-state index < -0.39 is 5.69 Å². The first-order valence-corrected chi connectivity index (χ1v) is 1.96. The van der Waals surface area contributed by atoms with Crippen LogP contribution in [0.2, 0.25) is 0 Å². The molecule has 2 N–H and O–H groups in total. The van der Waals surface area contributed by atoms with Crippen LogP contribution >= 0.6 is 0 Å². The average molecular weight is 112 g/mol. The Labute approximate surface area is 44.7 Å². The van der Waals surface area contributed by atoms with Crippen LogP contribution in [-0.4, -0.2) is 14.9 Å². The minimum Gasteiger partial charge on any atom is -0.318 e. The van der Waals surface area contributed by atoms with Gasteiger partial charge in [0.05, 0.1) is 12.4 Å². The molecule has 0 unspecified atom stereocenters. The third-order valence-electron chi connectivity index (χ3n) is 0.639. The van der Waals surface area contributed by atoms with Crippen molar-refractivity contribution in [1.29, 1.82) is 0 Å². The molecule has 0 saturated carbocycles. The van der Waals surface area contributed by atoms with Gasteiger partial charge in [-0.3, -0.25) is 0 Å². The molecule has 0 aliphatic rings. The summed E-state index contributed by atoms with van der Waals surface area (Å²) in [6.07, 6.45) is 2.62. The highest BCUT2D eigenvalue weighted by atomic mass is 16.2. The lowest BCUT2D eigenvalue weighted by atomic mass is 10.9. The molecule has 42 valence electrons. The second kappa shape index (κ2) is 1.61. The van der Waals surface area contributed by atoms with Gasteiger partial charge in [-0.05, 0) is 0 Å². The van der Waals surface area contributed by atoms with E-state index in [1.54, 1.807) is 0 Å². The summed E-state index contributed by atoms with van der Waals surface area (Å²) in [5.74, 6) is 4.95. The summed E-state index contributed by atoms with van der Waals surface area (Å²) in [5, 5.41) is 3.40. The lowest BCUT2D eigenvalue weighted by Crippen LogP contribution is -2.30. The monoisotopic (exact) mass is 112 g/mol. The van der Waals surface area contributed by atoms with Crippen molar-refractivity contribution in [2.75, 3.05) is 5.84 Å². The van der Waals surface area contributed by atoms with Crippen molar-refractivity contribution in [2.24, 2.45) is 0 Å². The molecule has 5 nitrogen and oxygen atoms in total. The first-order chi connectivity index (χ1) is 3.80. The van der Waals surface area contributed by atoms with E-state index in [-0.39, 0.29) is 0 Å². The normalized spacial score (nSPS) is 9.00. The fourth-order valence-corrected chi connectivity index (χ4v) is 0.307. The molecule has 1 heterocycles. The first-order valence-electron chi connectivity index (χ1n) is 1.96. The van der Waals surface area contributed by atoms with Gasteiger partial charge in [0.15, 0.2) is 0 Å². The fourth-order valence-electron chi connectivity index (χ4n) is 0.307.